The molecular formula is C31H38N5O10P. The monoisotopic (exact) mass is 671 g/mol. The fraction of sp³-hybridized carbons (Fsp3) is 0.323. The number of ether oxygens (including phenoxy) is 2. The summed E-state index contributed by atoms with van der Waals surface area (Å²) in [4.78, 5) is 74.5. The highest BCUT2D eigenvalue weighted by molar-refractivity contribution is 7.46. The number of phosphoric acid groups is 1. The molecule has 0 spiro atoms. The van der Waals surface area contributed by atoms with Crippen molar-refractivity contribution >= 4 is 43.2 Å². The van der Waals surface area contributed by atoms with Gasteiger partial charge in [-0.1, -0.05) is 19.9 Å². The fourth-order valence-electron chi connectivity index (χ4n) is 4.46. The highest BCUT2D eigenvalue weighted by atomic mass is 31.2. The Morgan fingerprint density at radius 3 is 2.28 bits per heavy atom. The maximum atomic E-state index is 13.6. The zero-order valence-corrected chi connectivity index (χ0v) is 27.6. The molecule has 3 rings (SSSR count). The van der Waals surface area contributed by atoms with E-state index >= 15 is 0 Å². The van der Waals surface area contributed by atoms with Crippen molar-refractivity contribution in [1.29, 1.82) is 0 Å². The molecule has 3 amide bonds. The molecule has 0 aliphatic rings. The van der Waals surface area contributed by atoms with Crippen LogP contribution < -0.4 is 15.6 Å². The number of esters is 1. The summed E-state index contributed by atoms with van der Waals surface area (Å²) in [6.45, 7) is 6.96. The number of rotatable bonds is 13. The second-order valence-electron chi connectivity index (χ2n) is 10.4. The van der Waals surface area contributed by atoms with Crippen LogP contribution in [0.2, 0.25) is 0 Å². The van der Waals surface area contributed by atoms with Crippen LogP contribution in [0.4, 0.5) is 10.5 Å². The van der Waals surface area contributed by atoms with Gasteiger partial charge in [0.05, 0.1) is 22.5 Å². The van der Waals surface area contributed by atoms with E-state index in [1.165, 1.54) is 18.3 Å². The molecule has 0 unspecified atom stereocenters. The van der Waals surface area contributed by atoms with E-state index in [1.54, 1.807) is 43.7 Å². The minimum Gasteiger partial charge on any atom is -0.424 e. The molecule has 0 aliphatic heterocycles. The Kier molecular flexibility index (Phi) is 12.4. The number of phosphoric ester groups is 1. The first-order chi connectivity index (χ1) is 22.2. The second kappa shape index (κ2) is 16.0. The number of imide groups is 1. The van der Waals surface area contributed by atoms with Gasteiger partial charge in [-0.2, -0.15) is 0 Å². The zero-order valence-electron chi connectivity index (χ0n) is 26.7. The summed E-state index contributed by atoms with van der Waals surface area (Å²) >= 11 is 0. The van der Waals surface area contributed by atoms with Crippen molar-refractivity contribution in [2.24, 2.45) is 17.8 Å². The molecule has 0 bridgehead atoms. The summed E-state index contributed by atoms with van der Waals surface area (Å²) in [6, 6.07) is 9.83. The van der Waals surface area contributed by atoms with Crippen LogP contribution in [0.25, 0.3) is 0 Å². The first kappa shape index (κ1) is 36.5. The topological polar surface area (TPSA) is 212 Å². The molecule has 0 atom stereocenters. The lowest BCUT2D eigenvalue weighted by Crippen LogP contribution is -2.38. The lowest BCUT2D eigenvalue weighted by atomic mass is 10.1. The number of nitrogens with one attached hydrogen (secondary N) is 1. The van der Waals surface area contributed by atoms with Gasteiger partial charge in [-0.25, -0.2) is 24.0 Å². The molecule has 0 fully saturated rings. The Morgan fingerprint density at radius 2 is 1.66 bits per heavy atom. The van der Waals surface area contributed by atoms with E-state index in [2.05, 4.69) is 14.8 Å². The van der Waals surface area contributed by atoms with E-state index in [1.807, 2.05) is 13.8 Å². The number of benzene rings is 2. The SMILES string of the molecule is CCCNC(=O)c1ccc(C)c(N=C(N)c2c(C)c(C(=O)N(CCC)C(=O)OCOC(=O)c3ccc(OP(=O)(O)O)cc3)cn2C)c1. The summed E-state index contributed by atoms with van der Waals surface area (Å²) in [5.74, 6) is -1.86. The number of aliphatic imine (C=N–C) groups is 1. The summed E-state index contributed by atoms with van der Waals surface area (Å²) in [5.41, 5.74) is 9.17. The van der Waals surface area contributed by atoms with Crippen LogP contribution in [0.5, 0.6) is 5.75 Å². The number of aromatic nitrogens is 1. The van der Waals surface area contributed by atoms with Crippen molar-refractivity contribution in [3.05, 3.63) is 82.2 Å². The Bertz CT molecular complexity index is 1710. The molecule has 0 saturated carbocycles. The van der Waals surface area contributed by atoms with Crippen LogP contribution in [0.1, 0.15) is 74.6 Å². The van der Waals surface area contributed by atoms with Gasteiger partial charge in [0, 0.05) is 31.9 Å². The summed E-state index contributed by atoms with van der Waals surface area (Å²) < 4.78 is 27.0. The van der Waals surface area contributed by atoms with E-state index in [0.29, 0.717) is 35.5 Å². The minimum absolute atomic E-state index is 0.00558. The standard InChI is InChI=1S/C31H38N5O10P/c1-6-14-33-28(37)22-9-8-19(3)25(16-22)34-27(32)26-20(4)24(17-35(26)5)29(38)36(15-7-2)31(40)45-18-44-30(39)21-10-12-23(13-11-21)46-47(41,42)43/h8-13,16-17H,6-7,14-15,18H2,1-5H3,(H2,32,34)(H,33,37)(H2,41,42,43). The van der Waals surface area contributed by atoms with Crippen molar-refractivity contribution in [2.45, 2.75) is 40.5 Å². The van der Waals surface area contributed by atoms with Crippen LogP contribution >= 0.6 is 7.82 Å². The molecule has 16 heteroatoms. The first-order valence-corrected chi connectivity index (χ1v) is 16.1. The average molecular weight is 672 g/mol. The van der Waals surface area contributed by atoms with Crippen LogP contribution in [0, 0.1) is 13.8 Å². The highest BCUT2D eigenvalue weighted by Crippen LogP contribution is 2.37. The van der Waals surface area contributed by atoms with Crippen LogP contribution in [-0.4, -0.2) is 68.8 Å². The first-order valence-electron chi connectivity index (χ1n) is 14.6. The van der Waals surface area contributed by atoms with Gasteiger partial charge in [-0.05, 0) is 74.2 Å². The lowest BCUT2D eigenvalue weighted by Gasteiger charge is -2.19. The number of amides is 3. The summed E-state index contributed by atoms with van der Waals surface area (Å²) in [5, 5.41) is 2.82. The fourth-order valence-corrected chi connectivity index (χ4v) is 4.85. The van der Waals surface area contributed by atoms with Crippen molar-refractivity contribution in [1.82, 2.24) is 14.8 Å². The van der Waals surface area contributed by atoms with E-state index in [9.17, 15) is 23.7 Å². The number of nitrogens with zero attached hydrogens (tertiary/aromatic N) is 3. The lowest BCUT2D eigenvalue weighted by molar-refractivity contribution is -0.0105. The third-order valence-electron chi connectivity index (χ3n) is 6.75. The number of hydrogen-bond donors (Lipinski definition) is 4. The van der Waals surface area contributed by atoms with Gasteiger partial charge >= 0.3 is 19.9 Å². The normalized spacial score (nSPS) is 11.5. The largest absolute Gasteiger partial charge is 0.524 e. The molecule has 0 radical (unpaired) electrons. The molecule has 3 aromatic rings. The Balaban J connectivity index is 1.73. The van der Waals surface area contributed by atoms with Crippen molar-refractivity contribution in [3.8, 4) is 5.75 Å². The molecule has 15 nitrogen and oxygen atoms in total. The Labute approximate surface area is 271 Å². The van der Waals surface area contributed by atoms with Gasteiger partial charge in [-0.15, -0.1) is 0 Å². The Morgan fingerprint density at radius 1 is 1.00 bits per heavy atom. The minimum atomic E-state index is -4.77. The summed E-state index contributed by atoms with van der Waals surface area (Å²) in [7, 11) is -3.09. The van der Waals surface area contributed by atoms with Crippen molar-refractivity contribution in [2.75, 3.05) is 19.9 Å². The number of amidine groups is 1. The smallest absolute Gasteiger partial charge is 0.424 e. The maximum Gasteiger partial charge on any atom is 0.524 e. The predicted octanol–water partition coefficient (Wildman–Crippen LogP) is 4.09. The van der Waals surface area contributed by atoms with E-state index in [-0.39, 0.29) is 35.2 Å². The number of carbonyl (C=O) groups is 4. The molecule has 1 aromatic heterocycles. The molecule has 5 N–H and O–H groups in total. The predicted molar refractivity (Wildman–Crippen MR) is 172 cm³/mol. The van der Waals surface area contributed by atoms with Gasteiger partial charge in [-0.3, -0.25) is 19.4 Å². The van der Waals surface area contributed by atoms with Gasteiger partial charge in [0.2, 0.25) is 6.79 Å². The van der Waals surface area contributed by atoms with Gasteiger partial charge in [0.1, 0.15) is 11.6 Å². The molecule has 47 heavy (non-hydrogen) atoms. The zero-order chi connectivity index (χ0) is 34.9. The Hall–Kier alpha value is -4.98. The van der Waals surface area contributed by atoms with Gasteiger partial charge in [0.25, 0.3) is 11.8 Å². The number of carbonyl (C=O) groups excluding carboxylic acids is 4. The third-order valence-corrected chi connectivity index (χ3v) is 7.20. The van der Waals surface area contributed by atoms with Crippen LogP contribution in [-0.2, 0) is 21.1 Å². The molecule has 0 aliphatic carbocycles. The maximum absolute atomic E-state index is 13.6. The molecule has 2 aromatic carbocycles. The molecule has 0 saturated heterocycles. The highest BCUT2D eigenvalue weighted by Gasteiger charge is 2.28. The third kappa shape index (κ3) is 9.75. The van der Waals surface area contributed by atoms with Gasteiger partial charge < -0.3 is 29.6 Å². The van der Waals surface area contributed by atoms with Gasteiger partial charge in [0.15, 0.2) is 0 Å². The van der Waals surface area contributed by atoms with Crippen LogP contribution in [0.15, 0.2) is 53.7 Å². The number of aryl methyl sites for hydroxylation is 2. The number of nitrogens with two attached hydrogens (primary N) is 1. The van der Waals surface area contributed by atoms with Crippen molar-refractivity contribution in [3.63, 3.8) is 0 Å². The van der Waals surface area contributed by atoms with Crippen molar-refractivity contribution < 1.29 is 47.5 Å². The number of hydrogen-bond acceptors (Lipinski definition) is 9. The second-order valence-corrected chi connectivity index (χ2v) is 11.6. The molecular weight excluding hydrogens is 633 g/mol. The average Bonchev–Trinajstić information content (AvgIpc) is 3.32. The van der Waals surface area contributed by atoms with E-state index in [0.717, 1.165) is 29.0 Å². The quantitative estimate of drug-likeness (QED) is 0.0668. The van der Waals surface area contributed by atoms with Crippen LogP contribution in [0.3, 0.4) is 0 Å². The summed E-state index contributed by atoms with van der Waals surface area (Å²) in [6.07, 6.45) is 1.68. The molecule has 252 valence electrons. The molecule has 1 heterocycles. The van der Waals surface area contributed by atoms with E-state index in [4.69, 9.17) is 25.0 Å². The van der Waals surface area contributed by atoms with E-state index < -0.39 is 32.6 Å².